The number of aromatic amines is 1. The Balaban J connectivity index is 1.27. The molecule has 1 aromatic heterocycles. The van der Waals surface area contributed by atoms with Crippen molar-refractivity contribution >= 4 is 21.8 Å². The van der Waals surface area contributed by atoms with Gasteiger partial charge in [0.2, 0.25) is 15.9 Å². The van der Waals surface area contributed by atoms with Crippen molar-refractivity contribution < 1.29 is 18.0 Å². The Morgan fingerprint density at radius 3 is 2.36 bits per heavy atom. The van der Waals surface area contributed by atoms with Crippen LogP contribution in [0.25, 0.3) is 0 Å². The number of hydrogen-bond donors (Lipinski definition) is 2. The van der Waals surface area contributed by atoms with Gasteiger partial charge in [-0.1, -0.05) is 24.3 Å². The number of nitrogens with zero attached hydrogens (tertiary/aromatic N) is 2. The number of fused-ring (bicyclic) bond motifs is 1. The van der Waals surface area contributed by atoms with Gasteiger partial charge in [-0.05, 0) is 69.9 Å². The number of carbonyl (C=O) groups is 2. The first-order chi connectivity index (χ1) is 17.3. The van der Waals surface area contributed by atoms with Crippen LogP contribution in [-0.2, 0) is 21.2 Å². The second-order valence-electron chi connectivity index (χ2n) is 10.4. The quantitative estimate of drug-likeness (QED) is 0.640. The van der Waals surface area contributed by atoms with Crippen molar-refractivity contribution in [3.05, 3.63) is 52.3 Å². The average Bonchev–Trinajstić information content (AvgIpc) is 3.52. The highest BCUT2D eigenvalue weighted by Gasteiger charge is 2.38. The lowest BCUT2D eigenvalue weighted by Gasteiger charge is -2.33. The number of amides is 2. The lowest BCUT2D eigenvalue weighted by Crippen LogP contribution is -2.44. The van der Waals surface area contributed by atoms with Crippen LogP contribution in [0.3, 0.4) is 0 Å². The molecule has 2 aromatic rings. The Bertz CT molecular complexity index is 1250. The lowest BCUT2D eigenvalue weighted by molar-refractivity contribution is -0.127. The van der Waals surface area contributed by atoms with Crippen LogP contribution < -0.4 is 5.32 Å². The first-order valence-electron chi connectivity index (χ1n) is 13.1. The summed E-state index contributed by atoms with van der Waals surface area (Å²) in [5.41, 5.74) is 3.85. The second kappa shape index (κ2) is 10.0. The molecule has 2 saturated heterocycles. The summed E-state index contributed by atoms with van der Waals surface area (Å²) in [4.78, 5) is 31.3. The van der Waals surface area contributed by atoms with E-state index in [2.05, 4.69) is 22.4 Å². The van der Waals surface area contributed by atoms with Crippen LogP contribution in [0.5, 0.6) is 0 Å². The molecule has 0 saturated carbocycles. The predicted octanol–water partition coefficient (Wildman–Crippen LogP) is 3.46. The smallest absolute Gasteiger partial charge is 0.257 e. The second-order valence-corrected chi connectivity index (χ2v) is 12.3. The van der Waals surface area contributed by atoms with Gasteiger partial charge in [-0.2, -0.15) is 4.31 Å². The summed E-state index contributed by atoms with van der Waals surface area (Å²) in [7, 11) is -3.87. The van der Waals surface area contributed by atoms with E-state index in [1.54, 1.807) is 18.7 Å². The number of benzene rings is 1. The van der Waals surface area contributed by atoms with Gasteiger partial charge in [0.15, 0.2) is 0 Å². The molecule has 3 aliphatic rings. The molecule has 0 bridgehead atoms. The van der Waals surface area contributed by atoms with E-state index >= 15 is 0 Å². The third-order valence-corrected chi connectivity index (χ3v) is 10.1. The summed E-state index contributed by atoms with van der Waals surface area (Å²) in [5, 5.41) is 3.24. The molecule has 8 nitrogen and oxygen atoms in total. The molecule has 2 amide bonds. The van der Waals surface area contributed by atoms with Gasteiger partial charge < -0.3 is 15.2 Å². The van der Waals surface area contributed by atoms with Crippen LogP contribution in [-0.4, -0.2) is 60.6 Å². The Labute approximate surface area is 213 Å². The largest absolute Gasteiger partial charge is 0.361 e. The SMILES string of the molecule is Cc1[nH]c(C)c(S(=O)(=O)N2CCC(C(=O)N[C@@H]3CCCc4ccccc43)CC2)c1C(=O)N1CCCC1. The van der Waals surface area contributed by atoms with Gasteiger partial charge in [-0.25, -0.2) is 8.42 Å². The van der Waals surface area contributed by atoms with Crippen molar-refractivity contribution in [2.75, 3.05) is 26.2 Å². The maximum absolute atomic E-state index is 13.7. The third kappa shape index (κ3) is 4.59. The van der Waals surface area contributed by atoms with Crippen molar-refractivity contribution in [1.82, 2.24) is 19.5 Å². The first kappa shape index (κ1) is 25.0. The Hall–Kier alpha value is -2.65. The maximum Gasteiger partial charge on any atom is 0.257 e. The zero-order valence-electron chi connectivity index (χ0n) is 21.2. The Kier molecular flexibility index (Phi) is 6.96. The number of H-pyrrole nitrogens is 1. The number of likely N-dealkylation sites (tertiary alicyclic amines) is 1. The molecule has 3 heterocycles. The van der Waals surface area contributed by atoms with Crippen LogP contribution in [0.15, 0.2) is 29.2 Å². The number of sulfonamides is 1. The molecule has 0 unspecified atom stereocenters. The monoisotopic (exact) mass is 512 g/mol. The van der Waals surface area contributed by atoms with Gasteiger partial charge in [0.1, 0.15) is 4.90 Å². The number of rotatable bonds is 5. The normalized spacial score (nSPS) is 21.4. The fourth-order valence-electron chi connectivity index (χ4n) is 6.10. The highest BCUT2D eigenvalue weighted by atomic mass is 32.2. The summed E-state index contributed by atoms with van der Waals surface area (Å²) in [6.45, 7) is 5.32. The van der Waals surface area contributed by atoms with E-state index in [0.29, 0.717) is 37.3 Å². The highest BCUT2D eigenvalue weighted by molar-refractivity contribution is 7.89. The summed E-state index contributed by atoms with van der Waals surface area (Å²) < 4.78 is 28.9. The fourth-order valence-corrected chi connectivity index (χ4v) is 7.98. The number of aryl methyl sites for hydroxylation is 3. The molecule has 5 rings (SSSR count). The molecule has 9 heteroatoms. The molecule has 0 radical (unpaired) electrons. The van der Waals surface area contributed by atoms with E-state index in [1.807, 2.05) is 12.1 Å². The number of nitrogens with one attached hydrogen (secondary N) is 2. The number of carbonyl (C=O) groups excluding carboxylic acids is 2. The molecule has 1 aliphatic carbocycles. The average molecular weight is 513 g/mol. The van der Waals surface area contributed by atoms with Crippen molar-refractivity contribution in [1.29, 1.82) is 0 Å². The van der Waals surface area contributed by atoms with Gasteiger partial charge in [-0.3, -0.25) is 9.59 Å². The molecule has 1 atom stereocenters. The van der Waals surface area contributed by atoms with Gasteiger partial charge >= 0.3 is 0 Å². The first-order valence-corrected chi connectivity index (χ1v) is 14.6. The van der Waals surface area contributed by atoms with E-state index in [0.717, 1.165) is 32.1 Å². The van der Waals surface area contributed by atoms with E-state index in [-0.39, 0.29) is 47.3 Å². The van der Waals surface area contributed by atoms with Crippen molar-refractivity contribution in [2.24, 2.45) is 5.92 Å². The van der Waals surface area contributed by atoms with Crippen LogP contribution in [0.4, 0.5) is 0 Å². The Morgan fingerprint density at radius 1 is 0.944 bits per heavy atom. The number of hydrogen-bond acceptors (Lipinski definition) is 4. The molecule has 2 aliphatic heterocycles. The predicted molar refractivity (Wildman–Crippen MR) is 137 cm³/mol. The van der Waals surface area contributed by atoms with Gasteiger partial charge in [0, 0.05) is 43.5 Å². The minimum absolute atomic E-state index is 0.00678. The highest BCUT2D eigenvalue weighted by Crippen LogP contribution is 2.33. The van der Waals surface area contributed by atoms with E-state index in [4.69, 9.17) is 0 Å². The molecule has 0 spiro atoms. The topological polar surface area (TPSA) is 103 Å². The summed E-state index contributed by atoms with van der Waals surface area (Å²) in [5.74, 6) is -0.424. The van der Waals surface area contributed by atoms with E-state index in [9.17, 15) is 18.0 Å². The van der Waals surface area contributed by atoms with E-state index in [1.165, 1.54) is 15.4 Å². The van der Waals surface area contributed by atoms with Crippen molar-refractivity contribution in [3.63, 3.8) is 0 Å². The third-order valence-electron chi connectivity index (χ3n) is 8.03. The molecule has 194 valence electrons. The van der Waals surface area contributed by atoms with Crippen molar-refractivity contribution in [3.8, 4) is 0 Å². The minimum Gasteiger partial charge on any atom is -0.361 e. The molecule has 1 aromatic carbocycles. The number of aromatic nitrogens is 1. The zero-order valence-corrected chi connectivity index (χ0v) is 22.0. The van der Waals surface area contributed by atoms with Crippen LogP contribution in [0, 0.1) is 19.8 Å². The van der Waals surface area contributed by atoms with E-state index < -0.39 is 10.0 Å². The number of piperidine rings is 1. The van der Waals surface area contributed by atoms with Crippen LogP contribution >= 0.6 is 0 Å². The maximum atomic E-state index is 13.7. The van der Waals surface area contributed by atoms with Gasteiger partial charge in [0.25, 0.3) is 5.91 Å². The Morgan fingerprint density at radius 2 is 1.64 bits per heavy atom. The van der Waals surface area contributed by atoms with Gasteiger partial charge in [0.05, 0.1) is 11.6 Å². The summed E-state index contributed by atoms with van der Waals surface area (Å²) in [6.07, 6.45) is 5.84. The standard InChI is InChI=1S/C27H36N4O4S/c1-18-24(27(33)30-14-5-6-15-30)25(19(2)28-18)36(34,35)31-16-12-21(13-17-31)26(32)29-23-11-7-9-20-8-3-4-10-22(20)23/h3-4,8,10,21,23,28H,5-7,9,11-17H2,1-2H3,(H,29,32)/t23-/m1/s1. The van der Waals surface area contributed by atoms with Crippen LogP contribution in [0.2, 0.25) is 0 Å². The van der Waals surface area contributed by atoms with Gasteiger partial charge in [-0.15, -0.1) is 0 Å². The summed E-state index contributed by atoms with van der Waals surface area (Å²) >= 11 is 0. The molecule has 2 N–H and O–H groups in total. The lowest BCUT2D eigenvalue weighted by atomic mass is 9.87. The molecular formula is C27H36N4O4S. The molecule has 36 heavy (non-hydrogen) atoms. The summed E-state index contributed by atoms with van der Waals surface area (Å²) in [6, 6.07) is 8.30. The molecular weight excluding hydrogens is 476 g/mol. The van der Waals surface area contributed by atoms with Crippen molar-refractivity contribution in [2.45, 2.75) is 69.7 Å². The minimum atomic E-state index is -3.87. The molecule has 2 fully saturated rings. The fraction of sp³-hybridized carbons (Fsp3) is 0.556. The zero-order chi connectivity index (χ0) is 25.4. The van der Waals surface area contributed by atoms with Crippen LogP contribution in [0.1, 0.15) is 77.4 Å².